The largest absolute Gasteiger partial charge is 0.478 e. The molecule has 7 heteroatoms. The second-order valence-electron chi connectivity index (χ2n) is 4.02. The first-order valence-electron chi connectivity index (χ1n) is 6.40. The van der Waals surface area contributed by atoms with Crippen LogP contribution in [0.1, 0.15) is 28.8 Å². The van der Waals surface area contributed by atoms with Crippen molar-refractivity contribution < 1.29 is 19.4 Å². The molecule has 0 bridgehead atoms. The number of methoxy groups -OCH3 is 1. The maximum Gasteiger partial charge on any atom is 0.340 e. The third-order valence-corrected chi connectivity index (χ3v) is 3.47. The number of aromatic carboxylic acids is 1. The quantitative estimate of drug-likeness (QED) is 0.423. The number of hydrogen-bond donors (Lipinski definition) is 1. The van der Waals surface area contributed by atoms with E-state index in [1.165, 1.54) is 11.8 Å². The van der Waals surface area contributed by atoms with Crippen molar-refractivity contribution in [2.45, 2.75) is 25.3 Å². The van der Waals surface area contributed by atoms with Gasteiger partial charge in [-0.3, -0.25) is 0 Å². The number of thioether (sulfide) groups is 1. The average molecular weight is 300 g/mol. The molecule has 0 aliphatic carbocycles. The van der Waals surface area contributed by atoms with Crippen molar-refractivity contribution in [3.63, 3.8) is 0 Å². The summed E-state index contributed by atoms with van der Waals surface area (Å²) in [6.45, 7) is 5.25. The molecule has 0 saturated carbocycles. The summed E-state index contributed by atoms with van der Waals surface area (Å²) < 4.78 is 10.2. The van der Waals surface area contributed by atoms with Crippen LogP contribution in [0.15, 0.2) is 5.03 Å². The van der Waals surface area contributed by atoms with Gasteiger partial charge in [0.05, 0.1) is 25.5 Å². The number of carbonyl (C=O) groups is 1. The van der Waals surface area contributed by atoms with Crippen molar-refractivity contribution in [1.29, 1.82) is 0 Å². The van der Waals surface area contributed by atoms with E-state index in [1.54, 1.807) is 14.0 Å². The lowest BCUT2D eigenvalue weighted by atomic mass is 10.2. The molecule has 0 radical (unpaired) electrons. The van der Waals surface area contributed by atoms with E-state index in [2.05, 4.69) is 9.97 Å². The topological polar surface area (TPSA) is 81.5 Å². The van der Waals surface area contributed by atoms with Crippen LogP contribution in [-0.2, 0) is 15.9 Å². The Hall–Kier alpha value is -1.18. The third kappa shape index (κ3) is 5.07. The molecule has 6 nitrogen and oxygen atoms in total. The van der Waals surface area contributed by atoms with Gasteiger partial charge in [0.1, 0.15) is 16.4 Å². The maximum atomic E-state index is 11.3. The van der Waals surface area contributed by atoms with Crippen molar-refractivity contribution in [2.24, 2.45) is 0 Å². The Kier molecular flexibility index (Phi) is 7.50. The molecule has 1 heterocycles. The van der Waals surface area contributed by atoms with Crippen LogP contribution in [0.5, 0.6) is 0 Å². The van der Waals surface area contributed by atoms with Crippen molar-refractivity contribution in [1.82, 2.24) is 9.97 Å². The average Bonchev–Trinajstić information content (AvgIpc) is 2.41. The minimum atomic E-state index is -0.993. The van der Waals surface area contributed by atoms with Crippen LogP contribution in [0, 0.1) is 6.92 Å². The Morgan fingerprint density at radius 1 is 1.30 bits per heavy atom. The summed E-state index contributed by atoms with van der Waals surface area (Å²) in [4.78, 5) is 19.8. The van der Waals surface area contributed by atoms with E-state index in [0.29, 0.717) is 48.5 Å². The van der Waals surface area contributed by atoms with Gasteiger partial charge in [-0.05, 0) is 6.92 Å². The maximum absolute atomic E-state index is 11.3. The van der Waals surface area contributed by atoms with E-state index < -0.39 is 5.97 Å². The van der Waals surface area contributed by atoms with E-state index in [0.717, 1.165) is 0 Å². The highest BCUT2D eigenvalue weighted by atomic mass is 32.2. The molecule has 0 aliphatic rings. The van der Waals surface area contributed by atoms with Crippen LogP contribution in [0.2, 0.25) is 0 Å². The molecule has 1 rings (SSSR count). The van der Waals surface area contributed by atoms with Crippen LogP contribution < -0.4 is 0 Å². The summed E-state index contributed by atoms with van der Waals surface area (Å²) in [7, 11) is 1.62. The lowest BCUT2D eigenvalue weighted by molar-refractivity contribution is 0.0690. The zero-order chi connectivity index (χ0) is 15.0. The van der Waals surface area contributed by atoms with Crippen LogP contribution in [0.25, 0.3) is 0 Å². The molecule has 0 aromatic carbocycles. The molecule has 1 aromatic rings. The van der Waals surface area contributed by atoms with Crippen LogP contribution in [0.4, 0.5) is 0 Å². The van der Waals surface area contributed by atoms with Crippen molar-refractivity contribution in [3.05, 3.63) is 17.1 Å². The Labute approximate surface area is 122 Å². The second kappa shape index (κ2) is 8.89. The molecule has 0 amide bonds. The molecule has 0 spiro atoms. The molecular weight excluding hydrogens is 280 g/mol. The predicted molar refractivity (Wildman–Crippen MR) is 76.5 cm³/mol. The van der Waals surface area contributed by atoms with Crippen LogP contribution in [0.3, 0.4) is 0 Å². The van der Waals surface area contributed by atoms with Crippen molar-refractivity contribution in [2.75, 3.05) is 32.7 Å². The molecule has 1 aromatic heterocycles. The first kappa shape index (κ1) is 16.9. The van der Waals surface area contributed by atoms with Crippen molar-refractivity contribution in [3.8, 4) is 0 Å². The number of hydrogen-bond acceptors (Lipinski definition) is 6. The SMILES string of the molecule is CCc1nc(C)c(C(=O)O)c(SCCOCCOC)n1. The monoisotopic (exact) mass is 300 g/mol. The Bertz CT molecular complexity index is 454. The van der Waals surface area contributed by atoms with Crippen molar-refractivity contribution >= 4 is 17.7 Å². The molecular formula is C13H20N2O4S. The van der Waals surface area contributed by atoms with E-state index in [1.807, 2.05) is 6.92 Å². The fourth-order valence-electron chi connectivity index (χ4n) is 1.55. The number of rotatable bonds is 9. The van der Waals surface area contributed by atoms with E-state index in [-0.39, 0.29) is 5.56 Å². The van der Waals surface area contributed by atoms with Gasteiger partial charge in [0, 0.05) is 19.3 Å². The standard InChI is InChI=1S/C13H20N2O4S/c1-4-10-14-9(2)11(13(16)17)12(15-10)20-8-7-19-6-5-18-3/h4-8H2,1-3H3,(H,16,17). The summed E-state index contributed by atoms with van der Waals surface area (Å²) >= 11 is 1.38. The number of aromatic nitrogens is 2. The number of nitrogens with zero attached hydrogens (tertiary/aromatic N) is 2. The van der Waals surface area contributed by atoms with Gasteiger partial charge >= 0.3 is 5.97 Å². The van der Waals surface area contributed by atoms with Gasteiger partial charge in [0.2, 0.25) is 0 Å². The lowest BCUT2D eigenvalue weighted by Crippen LogP contribution is -2.10. The van der Waals surface area contributed by atoms with Gasteiger partial charge in [0.15, 0.2) is 0 Å². The van der Waals surface area contributed by atoms with E-state index in [4.69, 9.17) is 9.47 Å². The molecule has 0 unspecified atom stereocenters. The lowest BCUT2D eigenvalue weighted by Gasteiger charge is -2.09. The van der Waals surface area contributed by atoms with Gasteiger partial charge < -0.3 is 14.6 Å². The highest BCUT2D eigenvalue weighted by Crippen LogP contribution is 2.22. The highest BCUT2D eigenvalue weighted by Gasteiger charge is 2.17. The smallest absolute Gasteiger partial charge is 0.340 e. The summed E-state index contributed by atoms with van der Waals surface area (Å²) in [6.07, 6.45) is 0.679. The predicted octanol–water partition coefficient (Wildman–Crippen LogP) is 1.80. The summed E-state index contributed by atoms with van der Waals surface area (Å²) in [5.74, 6) is 0.312. The number of carboxylic acid groups (broad SMARTS) is 1. The van der Waals surface area contributed by atoms with Crippen LogP contribution in [-0.4, -0.2) is 53.7 Å². The molecule has 0 saturated heterocycles. The fourth-order valence-corrected chi connectivity index (χ4v) is 2.50. The molecule has 0 fully saturated rings. The van der Waals surface area contributed by atoms with Gasteiger partial charge in [-0.25, -0.2) is 14.8 Å². The molecule has 0 atom stereocenters. The zero-order valence-corrected chi connectivity index (χ0v) is 12.8. The molecule has 1 N–H and O–H groups in total. The molecule has 20 heavy (non-hydrogen) atoms. The summed E-state index contributed by atoms with van der Waals surface area (Å²) in [6, 6.07) is 0. The Morgan fingerprint density at radius 2 is 2.05 bits per heavy atom. The summed E-state index contributed by atoms with van der Waals surface area (Å²) in [5.41, 5.74) is 0.691. The molecule has 112 valence electrons. The van der Waals surface area contributed by atoms with E-state index >= 15 is 0 Å². The minimum Gasteiger partial charge on any atom is -0.478 e. The minimum absolute atomic E-state index is 0.184. The fraction of sp³-hybridized carbons (Fsp3) is 0.615. The van der Waals surface area contributed by atoms with Gasteiger partial charge in [0.25, 0.3) is 0 Å². The summed E-state index contributed by atoms with van der Waals surface area (Å²) in [5, 5.41) is 9.75. The highest BCUT2D eigenvalue weighted by molar-refractivity contribution is 7.99. The molecule has 0 aliphatic heterocycles. The third-order valence-electron chi connectivity index (χ3n) is 2.53. The van der Waals surface area contributed by atoms with E-state index in [9.17, 15) is 9.90 Å². The van der Waals surface area contributed by atoms with Gasteiger partial charge in [-0.2, -0.15) is 0 Å². The zero-order valence-electron chi connectivity index (χ0n) is 12.0. The van der Waals surface area contributed by atoms with Gasteiger partial charge in [-0.15, -0.1) is 11.8 Å². The normalized spacial score (nSPS) is 10.8. The second-order valence-corrected chi connectivity index (χ2v) is 5.10. The number of carboxylic acids is 1. The number of ether oxygens (including phenoxy) is 2. The van der Waals surface area contributed by atoms with Gasteiger partial charge in [-0.1, -0.05) is 6.92 Å². The first-order valence-corrected chi connectivity index (χ1v) is 7.39. The Morgan fingerprint density at radius 3 is 2.65 bits per heavy atom. The number of aryl methyl sites for hydroxylation is 2. The first-order chi connectivity index (χ1) is 9.60. The van der Waals surface area contributed by atoms with Crippen LogP contribution >= 0.6 is 11.8 Å². The Balaban J connectivity index is 2.67.